The summed E-state index contributed by atoms with van der Waals surface area (Å²) in [5.74, 6) is -0.211. The number of pyridine rings is 1. The van der Waals surface area contributed by atoms with Crippen molar-refractivity contribution in [2.75, 3.05) is 6.26 Å². The van der Waals surface area contributed by atoms with Crippen molar-refractivity contribution in [1.82, 2.24) is 4.98 Å². The number of halogens is 2. The van der Waals surface area contributed by atoms with E-state index in [9.17, 15) is 4.39 Å². The summed E-state index contributed by atoms with van der Waals surface area (Å²) >= 11 is 4.49. The van der Waals surface area contributed by atoms with E-state index in [2.05, 4.69) is 20.9 Å². The first-order chi connectivity index (χ1) is 5.15. The predicted octanol–water partition coefficient (Wildman–Crippen LogP) is 3.01. The molecule has 0 N–H and O–H groups in total. The van der Waals surface area contributed by atoms with Gasteiger partial charge in [-0.05, 0) is 29.1 Å². The van der Waals surface area contributed by atoms with Crippen LogP contribution < -0.4 is 0 Å². The van der Waals surface area contributed by atoms with E-state index in [1.165, 1.54) is 17.8 Å². The highest BCUT2D eigenvalue weighted by atomic mass is 79.9. The van der Waals surface area contributed by atoms with Crippen LogP contribution in [0.25, 0.3) is 0 Å². The average molecular weight is 236 g/mol. The molecule has 11 heavy (non-hydrogen) atoms. The fourth-order valence-electron chi connectivity index (χ4n) is 0.831. The van der Waals surface area contributed by atoms with E-state index in [0.29, 0.717) is 9.50 Å². The molecule has 0 fully saturated rings. The number of thioether (sulfide) groups is 1. The molecule has 0 unspecified atom stereocenters. The Morgan fingerprint density at radius 3 is 2.73 bits per heavy atom. The van der Waals surface area contributed by atoms with Gasteiger partial charge in [-0.2, -0.15) is 0 Å². The van der Waals surface area contributed by atoms with Crippen LogP contribution >= 0.6 is 27.7 Å². The van der Waals surface area contributed by atoms with Crippen LogP contribution in [0.1, 0.15) is 5.69 Å². The highest BCUT2D eigenvalue weighted by Crippen LogP contribution is 2.24. The van der Waals surface area contributed by atoms with Crippen molar-refractivity contribution in [2.45, 2.75) is 11.8 Å². The van der Waals surface area contributed by atoms with Crippen LogP contribution in [-0.4, -0.2) is 11.2 Å². The first-order valence-corrected chi connectivity index (χ1v) is 5.03. The van der Waals surface area contributed by atoms with Crippen molar-refractivity contribution in [3.63, 3.8) is 0 Å². The number of aryl methyl sites for hydroxylation is 1. The molecule has 0 aliphatic carbocycles. The molecule has 0 saturated carbocycles. The van der Waals surface area contributed by atoms with Crippen molar-refractivity contribution < 1.29 is 4.39 Å². The molecule has 0 saturated heterocycles. The van der Waals surface area contributed by atoms with Crippen LogP contribution in [-0.2, 0) is 0 Å². The third-order valence-electron chi connectivity index (χ3n) is 1.27. The molecule has 4 heteroatoms. The minimum absolute atomic E-state index is 0.211. The van der Waals surface area contributed by atoms with Crippen LogP contribution in [0.5, 0.6) is 0 Å². The third kappa shape index (κ3) is 1.93. The van der Waals surface area contributed by atoms with Gasteiger partial charge in [-0.25, -0.2) is 9.37 Å². The van der Waals surface area contributed by atoms with E-state index >= 15 is 0 Å². The summed E-state index contributed by atoms with van der Waals surface area (Å²) in [6.45, 7) is 1.79. The lowest BCUT2D eigenvalue weighted by Gasteiger charge is -2.02. The molecular weight excluding hydrogens is 229 g/mol. The lowest BCUT2D eigenvalue weighted by Crippen LogP contribution is -1.90. The van der Waals surface area contributed by atoms with Gasteiger partial charge in [-0.15, -0.1) is 11.8 Å². The van der Waals surface area contributed by atoms with Gasteiger partial charge in [0.15, 0.2) is 0 Å². The molecular formula is C7H7BrFNS. The van der Waals surface area contributed by atoms with Crippen molar-refractivity contribution in [3.8, 4) is 0 Å². The summed E-state index contributed by atoms with van der Waals surface area (Å²) in [6, 6.07) is 1.37. The molecule has 1 nitrogen and oxygen atoms in total. The van der Waals surface area contributed by atoms with Crippen molar-refractivity contribution in [2.24, 2.45) is 0 Å². The zero-order chi connectivity index (χ0) is 8.43. The van der Waals surface area contributed by atoms with E-state index in [1.54, 1.807) is 6.92 Å². The van der Waals surface area contributed by atoms with Gasteiger partial charge in [0.05, 0.1) is 10.6 Å². The molecule has 0 aliphatic heterocycles. The predicted molar refractivity (Wildman–Crippen MR) is 48.4 cm³/mol. The highest BCUT2D eigenvalue weighted by molar-refractivity contribution is 9.10. The Bertz CT molecular complexity index is 254. The summed E-state index contributed by atoms with van der Waals surface area (Å²) in [6.07, 6.45) is 1.83. The molecule has 0 aromatic carbocycles. The second kappa shape index (κ2) is 3.54. The minimum atomic E-state index is -0.211. The van der Waals surface area contributed by atoms with E-state index < -0.39 is 0 Å². The maximum atomic E-state index is 13.0. The number of hydrogen-bond acceptors (Lipinski definition) is 2. The molecule has 1 aromatic heterocycles. The number of nitrogens with zero attached hydrogens (tertiary/aromatic N) is 1. The van der Waals surface area contributed by atoms with E-state index in [0.717, 1.165) is 5.69 Å². The van der Waals surface area contributed by atoms with E-state index in [4.69, 9.17) is 0 Å². The molecule has 1 rings (SSSR count). The summed E-state index contributed by atoms with van der Waals surface area (Å²) in [5, 5.41) is 0. The summed E-state index contributed by atoms with van der Waals surface area (Å²) in [7, 11) is 0. The molecule has 0 aliphatic rings. The van der Waals surface area contributed by atoms with Crippen molar-refractivity contribution in [1.29, 1.82) is 0 Å². The average Bonchev–Trinajstić information content (AvgIpc) is 1.85. The molecule has 1 aromatic rings. The van der Waals surface area contributed by atoms with Gasteiger partial charge in [-0.3, -0.25) is 0 Å². The topological polar surface area (TPSA) is 12.9 Å². The van der Waals surface area contributed by atoms with Crippen LogP contribution in [0.4, 0.5) is 4.39 Å². The zero-order valence-corrected chi connectivity index (χ0v) is 8.59. The largest absolute Gasteiger partial charge is 0.245 e. The lowest BCUT2D eigenvalue weighted by atomic mass is 10.4. The van der Waals surface area contributed by atoms with E-state index in [-0.39, 0.29) is 5.82 Å². The quantitative estimate of drug-likeness (QED) is 0.549. The molecule has 0 atom stereocenters. The van der Waals surface area contributed by atoms with Crippen LogP contribution in [0.3, 0.4) is 0 Å². The van der Waals surface area contributed by atoms with Crippen molar-refractivity contribution >= 4 is 27.7 Å². The van der Waals surface area contributed by atoms with Gasteiger partial charge in [0.1, 0.15) is 10.4 Å². The molecule has 1 heterocycles. The SMILES string of the molecule is CSc1c(F)cc(Br)nc1C. The van der Waals surface area contributed by atoms with Crippen LogP contribution in [0.15, 0.2) is 15.6 Å². The van der Waals surface area contributed by atoms with Crippen molar-refractivity contribution in [3.05, 3.63) is 22.2 Å². The summed E-state index contributed by atoms with van der Waals surface area (Å²) in [4.78, 5) is 4.68. The van der Waals surface area contributed by atoms with Crippen LogP contribution in [0, 0.1) is 12.7 Å². The first kappa shape index (κ1) is 9.00. The molecule has 60 valence electrons. The standard InChI is InChI=1S/C7H7BrFNS/c1-4-7(11-2)5(9)3-6(8)10-4/h3H,1-2H3. The van der Waals surface area contributed by atoms with Gasteiger partial charge in [-0.1, -0.05) is 0 Å². The Labute approximate surface area is 77.5 Å². The third-order valence-corrected chi connectivity index (χ3v) is 2.57. The molecule has 0 radical (unpaired) electrons. The first-order valence-electron chi connectivity index (χ1n) is 3.01. The Kier molecular flexibility index (Phi) is 2.90. The zero-order valence-electron chi connectivity index (χ0n) is 6.19. The van der Waals surface area contributed by atoms with Gasteiger partial charge >= 0.3 is 0 Å². The minimum Gasteiger partial charge on any atom is -0.245 e. The van der Waals surface area contributed by atoms with Gasteiger partial charge in [0.2, 0.25) is 0 Å². The lowest BCUT2D eigenvalue weighted by molar-refractivity contribution is 0.593. The Hall–Kier alpha value is -0.0900. The Morgan fingerprint density at radius 1 is 1.64 bits per heavy atom. The van der Waals surface area contributed by atoms with Gasteiger partial charge < -0.3 is 0 Å². The second-order valence-electron chi connectivity index (χ2n) is 2.05. The van der Waals surface area contributed by atoms with Gasteiger partial charge in [0, 0.05) is 6.07 Å². The Balaban J connectivity index is 3.25. The van der Waals surface area contributed by atoms with Gasteiger partial charge in [0.25, 0.3) is 0 Å². The fourth-order valence-corrected chi connectivity index (χ4v) is 1.89. The monoisotopic (exact) mass is 235 g/mol. The summed E-state index contributed by atoms with van der Waals surface area (Å²) in [5.41, 5.74) is 0.726. The molecule has 0 amide bonds. The maximum absolute atomic E-state index is 13.0. The second-order valence-corrected chi connectivity index (χ2v) is 3.67. The fraction of sp³-hybridized carbons (Fsp3) is 0.286. The maximum Gasteiger partial charge on any atom is 0.141 e. The Morgan fingerprint density at radius 2 is 2.27 bits per heavy atom. The van der Waals surface area contributed by atoms with Crippen LogP contribution in [0.2, 0.25) is 0 Å². The smallest absolute Gasteiger partial charge is 0.141 e. The summed E-state index contributed by atoms with van der Waals surface area (Å²) < 4.78 is 13.6. The molecule has 0 bridgehead atoms. The highest BCUT2D eigenvalue weighted by Gasteiger charge is 2.06. The number of hydrogen-bond donors (Lipinski definition) is 0. The molecule has 0 spiro atoms. The number of rotatable bonds is 1. The normalized spacial score (nSPS) is 10.2. The number of aromatic nitrogens is 1. The van der Waals surface area contributed by atoms with E-state index in [1.807, 2.05) is 6.26 Å².